The number of carbonyl (C=O) groups excluding carboxylic acids is 2. The Morgan fingerprint density at radius 2 is 2.07 bits per heavy atom. The fourth-order valence-corrected chi connectivity index (χ4v) is 3.87. The molecule has 1 atom stereocenters. The number of aromatic amines is 1. The minimum absolute atomic E-state index is 0.135. The van der Waals surface area contributed by atoms with Crippen LogP contribution in [-0.4, -0.2) is 53.1 Å². The van der Waals surface area contributed by atoms with Crippen LogP contribution < -0.4 is 10.6 Å². The van der Waals surface area contributed by atoms with Crippen LogP contribution in [0.1, 0.15) is 23.3 Å². The lowest BCUT2D eigenvalue weighted by Crippen LogP contribution is -2.46. The highest BCUT2D eigenvalue weighted by Gasteiger charge is 2.22. The standard InChI is InChI=1S/C23H25N5O2/c1-3-21(29)24-17-7-4-6-15(12-17)16-9-10-20-19(13-16)22(27-26-20)23(30)25-18-8-5-11-28(2)14-18/h3-4,6-7,9-10,12-13,18H,1,5,8,11,14H2,2H3,(H,24,29)(H,25,30)(H,26,27). The SMILES string of the molecule is C=CC(=O)Nc1cccc(-c2ccc3[nH]nc(C(=O)NC4CCCN(C)C4)c3c2)c1. The van der Waals surface area contributed by atoms with E-state index in [0.29, 0.717) is 11.4 Å². The Kier molecular flexibility index (Phi) is 5.63. The number of fused-ring (bicyclic) bond motifs is 1. The number of likely N-dealkylation sites (N-methyl/N-ethyl adjacent to an activating group) is 1. The van der Waals surface area contributed by atoms with Crippen LogP contribution in [0.4, 0.5) is 5.69 Å². The first-order valence-corrected chi connectivity index (χ1v) is 10.0. The second-order valence-electron chi connectivity index (χ2n) is 7.68. The summed E-state index contributed by atoms with van der Waals surface area (Å²) in [5.74, 6) is -0.421. The smallest absolute Gasteiger partial charge is 0.272 e. The number of anilines is 1. The highest BCUT2D eigenvalue weighted by molar-refractivity contribution is 6.06. The van der Waals surface area contributed by atoms with Gasteiger partial charge >= 0.3 is 0 Å². The Labute approximate surface area is 175 Å². The molecule has 3 N–H and O–H groups in total. The molecule has 7 heteroatoms. The van der Waals surface area contributed by atoms with Crippen molar-refractivity contribution in [3.8, 4) is 11.1 Å². The van der Waals surface area contributed by atoms with Gasteiger partial charge in [0.05, 0.1) is 5.52 Å². The molecule has 2 aromatic carbocycles. The number of hydrogen-bond acceptors (Lipinski definition) is 4. The molecule has 1 aliphatic rings. The van der Waals surface area contributed by atoms with Crippen LogP contribution in [-0.2, 0) is 4.79 Å². The molecule has 7 nitrogen and oxygen atoms in total. The summed E-state index contributed by atoms with van der Waals surface area (Å²) in [7, 11) is 2.07. The molecule has 30 heavy (non-hydrogen) atoms. The van der Waals surface area contributed by atoms with E-state index < -0.39 is 0 Å². The third kappa shape index (κ3) is 4.26. The molecule has 2 heterocycles. The second-order valence-corrected chi connectivity index (χ2v) is 7.68. The molecular formula is C23H25N5O2. The summed E-state index contributed by atoms with van der Waals surface area (Å²) >= 11 is 0. The number of carbonyl (C=O) groups is 2. The summed E-state index contributed by atoms with van der Waals surface area (Å²) in [5.41, 5.74) is 3.76. The molecule has 0 bridgehead atoms. The van der Waals surface area contributed by atoms with Gasteiger partial charge in [-0.1, -0.05) is 24.8 Å². The van der Waals surface area contributed by atoms with Gasteiger partial charge in [0, 0.05) is 23.7 Å². The van der Waals surface area contributed by atoms with Gasteiger partial charge in [0.25, 0.3) is 5.91 Å². The molecule has 1 fully saturated rings. The molecule has 4 rings (SSSR count). The maximum Gasteiger partial charge on any atom is 0.272 e. The monoisotopic (exact) mass is 403 g/mol. The molecule has 1 saturated heterocycles. The molecule has 1 aromatic heterocycles. The number of likely N-dealkylation sites (tertiary alicyclic amines) is 1. The van der Waals surface area contributed by atoms with E-state index in [1.165, 1.54) is 6.08 Å². The summed E-state index contributed by atoms with van der Waals surface area (Å²) in [6.07, 6.45) is 3.29. The molecular weight excluding hydrogens is 378 g/mol. The predicted octanol–water partition coefficient (Wildman–Crippen LogP) is 3.18. The average Bonchev–Trinajstić information content (AvgIpc) is 3.17. The maximum absolute atomic E-state index is 12.9. The number of benzene rings is 2. The van der Waals surface area contributed by atoms with Gasteiger partial charge in [-0.2, -0.15) is 5.10 Å². The van der Waals surface area contributed by atoms with Gasteiger partial charge < -0.3 is 15.5 Å². The zero-order valence-electron chi connectivity index (χ0n) is 16.9. The zero-order valence-corrected chi connectivity index (χ0v) is 16.9. The van der Waals surface area contributed by atoms with Crippen LogP contribution in [0, 0.1) is 0 Å². The van der Waals surface area contributed by atoms with Gasteiger partial charge in [-0.25, -0.2) is 0 Å². The fourth-order valence-electron chi connectivity index (χ4n) is 3.87. The maximum atomic E-state index is 12.9. The van der Waals surface area contributed by atoms with Crippen molar-refractivity contribution in [1.82, 2.24) is 20.4 Å². The van der Waals surface area contributed by atoms with Crippen LogP contribution in [0.15, 0.2) is 55.1 Å². The number of nitrogens with zero attached hydrogens (tertiary/aromatic N) is 2. The number of aromatic nitrogens is 2. The summed E-state index contributed by atoms with van der Waals surface area (Å²) in [4.78, 5) is 26.7. The predicted molar refractivity (Wildman–Crippen MR) is 118 cm³/mol. The Bertz CT molecular complexity index is 1100. The van der Waals surface area contributed by atoms with E-state index in [4.69, 9.17) is 0 Å². The minimum Gasteiger partial charge on any atom is -0.347 e. The van der Waals surface area contributed by atoms with E-state index in [9.17, 15) is 9.59 Å². The Balaban J connectivity index is 1.60. The van der Waals surface area contributed by atoms with Crippen molar-refractivity contribution in [3.05, 3.63) is 60.8 Å². The number of rotatable bonds is 5. The van der Waals surface area contributed by atoms with Gasteiger partial charge in [0.1, 0.15) is 0 Å². The summed E-state index contributed by atoms with van der Waals surface area (Å²) in [5, 5.41) is 13.9. The average molecular weight is 403 g/mol. The number of hydrogen-bond donors (Lipinski definition) is 3. The largest absolute Gasteiger partial charge is 0.347 e. The van der Waals surface area contributed by atoms with E-state index in [1.807, 2.05) is 42.5 Å². The first-order valence-electron chi connectivity index (χ1n) is 10.0. The third-order valence-electron chi connectivity index (χ3n) is 5.39. The highest BCUT2D eigenvalue weighted by atomic mass is 16.2. The van der Waals surface area contributed by atoms with Crippen molar-refractivity contribution in [2.45, 2.75) is 18.9 Å². The third-order valence-corrected chi connectivity index (χ3v) is 5.39. The summed E-state index contributed by atoms with van der Waals surface area (Å²) in [6, 6.07) is 13.5. The Morgan fingerprint density at radius 1 is 1.23 bits per heavy atom. The quantitative estimate of drug-likeness (QED) is 0.571. The minimum atomic E-state index is -0.259. The van der Waals surface area contributed by atoms with Crippen molar-refractivity contribution in [2.24, 2.45) is 0 Å². The molecule has 0 aliphatic carbocycles. The lowest BCUT2D eigenvalue weighted by molar-refractivity contribution is -0.111. The van der Waals surface area contributed by atoms with Gasteiger partial charge in [0.15, 0.2) is 5.69 Å². The molecule has 0 radical (unpaired) electrons. The van der Waals surface area contributed by atoms with Gasteiger partial charge in [-0.15, -0.1) is 0 Å². The van der Waals surface area contributed by atoms with Crippen molar-refractivity contribution < 1.29 is 9.59 Å². The number of amides is 2. The van der Waals surface area contributed by atoms with Gasteiger partial charge in [-0.3, -0.25) is 14.7 Å². The lowest BCUT2D eigenvalue weighted by atomic mass is 10.0. The molecule has 154 valence electrons. The lowest BCUT2D eigenvalue weighted by Gasteiger charge is -2.29. The van der Waals surface area contributed by atoms with E-state index in [1.54, 1.807) is 0 Å². The first kappa shape index (κ1) is 19.8. The molecule has 3 aromatic rings. The zero-order chi connectivity index (χ0) is 21.1. The molecule has 2 amide bonds. The summed E-state index contributed by atoms with van der Waals surface area (Å²) in [6.45, 7) is 5.39. The van der Waals surface area contributed by atoms with Crippen LogP contribution in [0.2, 0.25) is 0 Å². The van der Waals surface area contributed by atoms with E-state index in [-0.39, 0.29) is 17.9 Å². The van der Waals surface area contributed by atoms with E-state index in [0.717, 1.165) is 48.0 Å². The molecule has 0 spiro atoms. The van der Waals surface area contributed by atoms with Crippen molar-refractivity contribution >= 4 is 28.4 Å². The second kappa shape index (κ2) is 8.51. The number of nitrogens with one attached hydrogen (secondary N) is 3. The summed E-state index contributed by atoms with van der Waals surface area (Å²) < 4.78 is 0. The number of H-pyrrole nitrogens is 1. The van der Waals surface area contributed by atoms with E-state index >= 15 is 0 Å². The highest BCUT2D eigenvalue weighted by Crippen LogP contribution is 2.27. The van der Waals surface area contributed by atoms with Gasteiger partial charge in [0.2, 0.25) is 5.91 Å². The van der Waals surface area contributed by atoms with Crippen LogP contribution in [0.5, 0.6) is 0 Å². The fraction of sp³-hybridized carbons (Fsp3) is 0.261. The Hall–Kier alpha value is -3.45. The Morgan fingerprint density at radius 3 is 2.87 bits per heavy atom. The van der Waals surface area contributed by atoms with Crippen molar-refractivity contribution in [3.63, 3.8) is 0 Å². The first-order chi connectivity index (χ1) is 14.5. The normalized spacial score (nSPS) is 16.9. The molecule has 1 aliphatic heterocycles. The molecule has 0 saturated carbocycles. The van der Waals surface area contributed by atoms with Crippen LogP contribution >= 0.6 is 0 Å². The van der Waals surface area contributed by atoms with Gasteiger partial charge in [-0.05, 0) is 67.9 Å². The topological polar surface area (TPSA) is 90.1 Å². The van der Waals surface area contributed by atoms with Crippen LogP contribution in [0.3, 0.4) is 0 Å². The van der Waals surface area contributed by atoms with Crippen molar-refractivity contribution in [1.29, 1.82) is 0 Å². The van der Waals surface area contributed by atoms with Crippen LogP contribution in [0.25, 0.3) is 22.0 Å². The van der Waals surface area contributed by atoms with E-state index in [2.05, 4.69) is 39.4 Å². The van der Waals surface area contributed by atoms with Crippen molar-refractivity contribution in [2.75, 3.05) is 25.5 Å². The molecule has 1 unspecified atom stereocenters. The number of piperidine rings is 1.